The number of ether oxygens (including phenoxy) is 2. The summed E-state index contributed by atoms with van der Waals surface area (Å²) in [6.45, 7) is 0.491. The van der Waals surface area contributed by atoms with Gasteiger partial charge in [-0.15, -0.1) is 6.42 Å². The maximum absolute atomic E-state index is 5.70. The van der Waals surface area contributed by atoms with Crippen LogP contribution in [0.4, 0.5) is 0 Å². The van der Waals surface area contributed by atoms with Crippen molar-refractivity contribution < 1.29 is 9.47 Å². The SMILES string of the molecule is C#Cc1cc(OC)ccc1-c1ccc(OCc2ccccc2)nc1. The predicted octanol–water partition coefficient (Wildman–Crippen LogP) is 4.32. The van der Waals surface area contributed by atoms with Gasteiger partial charge < -0.3 is 9.47 Å². The maximum Gasteiger partial charge on any atom is 0.213 e. The second-order valence-corrected chi connectivity index (χ2v) is 5.22. The van der Waals surface area contributed by atoms with Gasteiger partial charge in [0.2, 0.25) is 5.88 Å². The number of rotatable bonds is 5. The third-order valence-electron chi connectivity index (χ3n) is 3.66. The van der Waals surface area contributed by atoms with Crippen molar-refractivity contribution in [2.75, 3.05) is 7.11 Å². The number of terminal acetylenes is 1. The number of hydrogen-bond acceptors (Lipinski definition) is 3. The second-order valence-electron chi connectivity index (χ2n) is 5.22. The molecule has 3 rings (SSSR count). The Morgan fingerprint density at radius 3 is 2.54 bits per heavy atom. The first-order chi connectivity index (χ1) is 11.8. The van der Waals surface area contributed by atoms with Crippen molar-refractivity contribution in [2.45, 2.75) is 6.61 Å². The van der Waals surface area contributed by atoms with Crippen LogP contribution in [-0.4, -0.2) is 12.1 Å². The van der Waals surface area contributed by atoms with Gasteiger partial charge in [0.25, 0.3) is 0 Å². The van der Waals surface area contributed by atoms with Gasteiger partial charge in [-0.1, -0.05) is 36.3 Å². The van der Waals surface area contributed by atoms with Crippen LogP contribution < -0.4 is 9.47 Å². The van der Waals surface area contributed by atoms with Crippen LogP contribution in [0.2, 0.25) is 0 Å². The Morgan fingerprint density at radius 1 is 1.04 bits per heavy atom. The number of pyridine rings is 1. The van der Waals surface area contributed by atoms with Crippen molar-refractivity contribution in [2.24, 2.45) is 0 Å². The van der Waals surface area contributed by atoms with Crippen molar-refractivity contribution in [1.82, 2.24) is 4.98 Å². The van der Waals surface area contributed by atoms with E-state index in [4.69, 9.17) is 15.9 Å². The highest BCUT2D eigenvalue weighted by molar-refractivity contribution is 5.71. The lowest BCUT2D eigenvalue weighted by molar-refractivity contribution is 0.294. The quantitative estimate of drug-likeness (QED) is 0.657. The first kappa shape index (κ1) is 15.6. The van der Waals surface area contributed by atoms with Crippen molar-refractivity contribution in [1.29, 1.82) is 0 Å². The van der Waals surface area contributed by atoms with Gasteiger partial charge in [-0.05, 0) is 35.4 Å². The van der Waals surface area contributed by atoms with Gasteiger partial charge in [-0.25, -0.2) is 4.98 Å². The highest BCUT2D eigenvalue weighted by Gasteiger charge is 2.06. The molecule has 3 nitrogen and oxygen atoms in total. The zero-order chi connectivity index (χ0) is 16.8. The molecule has 0 saturated carbocycles. The predicted molar refractivity (Wildman–Crippen MR) is 94.9 cm³/mol. The van der Waals surface area contributed by atoms with Gasteiger partial charge in [0.1, 0.15) is 12.4 Å². The molecule has 0 N–H and O–H groups in total. The fraction of sp³-hybridized carbons (Fsp3) is 0.0952. The molecule has 1 heterocycles. The normalized spacial score (nSPS) is 10.0. The number of methoxy groups -OCH3 is 1. The van der Waals surface area contributed by atoms with E-state index in [1.807, 2.05) is 60.7 Å². The molecular formula is C21H17NO2. The minimum Gasteiger partial charge on any atom is -0.497 e. The molecule has 0 unspecified atom stereocenters. The zero-order valence-corrected chi connectivity index (χ0v) is 13.4. The molecule has 2 aromatic carbocycles. The summed E-state index contributed by atoms with van der Waals surface area (Å²) in [5, 5.41) is 0. The van der Waals surface area contributed by atoms with Crippen LogP contribution in [0.3, 0.4) is 0 Å². The first-order valence-electron chi connectivity index (χ1n) is 7.58. The van der Waals surface area contributed by atoms with Crippen LogP contribution in [-0.2, 0) is 6.61 Å². The molecule has 3 heteroatoms. The lowest BCUT2D eigenvalue weighted by Crippen LogP contribution is -1.97. The Morgan fingerprint density at radius 2 is 1.88 bits per heavy atom. The molecule has 0 fully saturated rings. The zero-order valence-electron chi connectivity index (χ0n) is 13.4. The highest BCUT2D eigenvalue weighted by atomic mass is 16.5. The maximum atomic E-state index is 5.70. The molecule has 0 aliphatic carbocycles. The summed E-state index contributed by atoms with van der Waals surface area (Å²) in [4.78, 5) is 4.37. The summed E-state index contributed by atoms with van der Waals surface area (Å²) in [7, 11) is 1.62. The summed E-state index contributed by atoms with van der Waals surface area (Å²) < 4.78 is 10.9. The smallest absolute Gasteiger partial charge is 0.213 e. The van der Waals surface area contributed by atoms with Gasteiger partial charge in [0.05, 0.1) is 7.11 Å². The fourth-order valence-electron chi connectivity index (χ4n) is 2.38. The minimum absolute atomic E-state index is 0.491. The number of aromatic nitrogens is 1. The van der Waals surface area contributed by atoms with Gasteiger partial charge >= 0.3 is 0 Å². The van der Waals surface area contributed by atoms with Crippen molar-refractivity contribution in [3.8, 4) is 35.1 Å². The molecule has 0 atom stereocenters. The fourth-order valence-corrected chi connectivity index (χ4v) is 2.38. The molecule has 0 aliphatic rings. The summed E-state index contributed by atoms with van der Waals surface area (Å²) in [5.41, 5.74) is 3.76. The molecule has 118 valence electrons. The number of benzene rings is 2. The minimum atomic E-state index is 0.491. The molecule has 0 amide bonds. The first-order valence-corrected chi connectivity index (χ1v) is 7.58. The largest absolute Gasteiger partial charge is 0.497 e. The molecule has 3 aromatic rings. The Bertz CT molecular complexity index is 849. The van der Waals surface area contributed by atoms with E-state index in [0.717, 1.165) is 28.0 Å². The van der Waals surface area contributed by atoms with Crippen LogP contribution in [0.5, 0.6) is 11.6 Å². The summed E-state index contributed by atoms with van der Waals surface area (Å²) >= 11 is 0. The van der Waals surface area contributed by atoms with E-state index >= 15 is 0 Å². The van der Waals surface area contributed by atoms with Crippen molar-refractivity contribution in [3.63, 3.8) is 0 Å². The van der Waals surface area contributed by atoms with E-state index in [1.54, 1.807) is 13.3 Å². The van der Waals surface area contributed by atoms with Crippen molar-refractivity contribution >= 4 is 0 Å². The summed E-state index contributed by atoms with van der Waals surface area (Å²) in [6.07, 6.45) is 7.37. The van der Waals surface area contributed by atoms with E-state index in [-0.39, 0.29) is 0 Å². The lowest BCUT2D eigenvalue weighted by atomic mass is 10.0. The Balaban J connectivity index is 1.76. The molecule has 1 aromatic heterocycles. The molecule has 0 radical (unpaired) electrons. The Hall–Kier alpha value is -3.25. The van der Waals surface area contributed by atoms with Gasteiger partial charge in [-0.2, -0.15) is 0 Å². The highest BCUT2D eigenvalue weighted by Crippen LogP contribution is 2.27. The molecule has 0 spiro atoms. The van der Waals surface area contributed by atoms with E-state index in [9.17, 15) is 0 Å². The number of nitrogens with zero attached hydrogens (tertiary/aromatic N) is 1. The average Bonchev–Trinajstić information content (AvgIpc) is 2.67. The number of hydrogen-bond donors (Lipinski definition) is 0. The third-order valence-corrected chi connectivity index (χ3v) is 3.66. The molecule has 0 bridgehead atoms. The topological polar surface area (TPSA) is 31.4 Å². The molecule has 0 aliphatic heterocycles. The lowest BCUT2D eigenvalue weighted by Gasteiger charge is -2.09. The summed E-state index contributed by atoms with van der Waals surface area (Å²) in [5.74, 6) is 4.01. The second kappa shape index (κ2) is 7.34. The molecular weight excluding hydrogens is 298 g/mol. The van der Waals surface area contributed by atoms with Crippen LogP contribution in [0.25, 0.3) is 11.1 Å². The molecule has 0 saturated heterocycles. The Labute approximate surface area is 141 Å². The van der Waals surface area contributed by atoms with E-state index in [2.05, 4.69) is 10.9 Å². The standard InChI is InChI=1S/C21H17NO2/c1-3-17-13-19(23-2)10-11-20(17)18-9-12-21(22-14-18)24-15-16-7-5-4-6-8-16/h1,4-14H,15H2,2H3. The monoisotopic (exact) mass is 315 g/mol. The average molecular weight is 315 g/mol. The Kier molecular flexibility index (Phi) is 4.78. The summed E-state index contributed by atoms with van der Waals surface area (Å²) in [6, 6.07) is 19.5. The van der Waals surface area contributed by atoms with E-state index < -0.39 is 0 Å². The van der Waals surface area contributed by atoms with E-state index in [1.165, 1.54) is 0 Å². The van der Waals surface area contributed by atoms with Gasteiger partial charge in [0, 0.05) is 23.4 Å². The third kappa shape index (κ3) is 3.56. The van der Waals surface area contributed by atoms with Crippen LogP contribution in [0, 0.1) is 12.3 Å². The van der Waals surface area contributed by atoms with Crippen molar-refractivity contribution in [3.05, 3.63) is 78.0 Å². The van der Waals surface area contributed by atoms with E-state index in [0.29, 0.717) is 12.5 Å². The molecule has 24 heavy (non-hydrogen) atoms. The van der Waals surface area contributed by atoms with Crippen LogP contribution >= 0.6 is 0 Å². The van der Waals surface area contributed by atoms with Crippen LogP contribution in [0.1, 0.15) is 11.1 Å². The van der Waals surface area contributed by atoms with Crippen LogP contribution in [0.15, 0.2) is 66.9 Å². The van der Waals surface area contributed by atoms with Gasteiger partial charge in [0.15, 0.2) is 0 Å². The van der Waals surface area contributed by atoms with Gasteiger partial charge in [-0.3, -0.25) is 0 Å².